The average molecular weight is 267 g/mol. The number of likely N-dealkylation sites (N-methyl/N-ethyl adjacent to an activating group) is 1. The summed E-state index contributed by atoms with van der Waals surface area (Å²) >= 11 is 0. The van der Waals surface area contributed by atoms with Gasteiger partial charge in [0.1, 0.15) is 6.04 Å². The second-order valence-electron chi connectivity index (χ2n) is 5.85. The maximum absolute atomic E-state index is 12.6. The molecule has 0 spiro atoms. The summed E-state index contributed by atoms with van der Waals surface area (Å²) in [5.41, 5.74) is 0. The Balaban J connectivity index is 1.96. The summed E-state index contributed by atoms with van der Waals surface area (Å²) in [7, 11) is 4.02. The highest BCUT2D eigenvalue weighted by molar-refractivity contribution is 5.87. The van der Waals surface area contributed by atoms with Crippen LogP contribution in [0.25, 0.3) is 0 Å². The van der Waals surface area contributed by atoms with Gasteiger partial charge >= 0.3 is 0 Å². The molecule has 0 saturated carbocycles. The Labute approximate surface area is 115 Å². The van der Waals surface area contributed by atoms with E-state index < -0.39 is 0 Å². The minimum atomic E-state index is -0.220. The summed E-state index contributed by atoms with van der Waals surface area (Å²) < 4.78 is 0. The van der Waals surface area contributed by atoms with Crippen molar-refractivity contribution in [3.63, 3.8) is 0 Å². The molecule has 108 valence electrons. The lowest BCUT2D eigenvalue weighted by Crippen LogP contribution is -2.51. The van der Waals surface area contributed by atoms with Gasteiger partial charge in [0.05, 0.1) is 0 Å². The molecule has 0 N–H and O–H groups in total. The predicted molar refractivity (Wildman–Crippen MR) is 73.7 cm³/mol. The molecule has 0 aromatic heterocycles. The molecule has 19 heavy (non-hydrogen) atoms. The minimum absolute atomic E-state index is 0.0210. The number of rotatable bonds is 2. The second-order valence-corrected chi connectivity index (χ2v) is 5.85. The van der Waals surface area contributed by atoms with Crippen LogP contribution in [-0.2, 0) is 9.59 Å². The van der Waals surface area contributed by atoms with E-state index in [2.05, 4.69) is 11.9 Å². The van der Waals surface area contributed by atoms with Crippen LogP contribution < -0.4 is 0 Å². The van der Waals surface area contributed by atoms with Crippen LogP contribution in [0.15, 0.2) is 0 Å². The van der Waals surface area contributed by atoms with Gasteiger partial charge in [-0.15, -0.1) is 0 Å². The van der Waals surface area contributed by atoms with Crippen LogP contribution in [-0.4, -0.2) is 72.3 Å². The molecule has 0 radical (unpaired) electrons. The topological polar surface area (TPSA) is 43.9 Å². The van der Waals surface area contributed by atoms with Gasteiger partial charge in [-0.2, -0.15) is 0 Å². The summed E-state index contributed by atoms with van der Waals surface area (Å²) in [6.45, 7) is 4.38. The SMILES string of the molecule is CC(=O)N1CCCC1C(=O)N(C)C1CCN(C)CC1. The van der Waals surface area contributed by atoms with Crippen molar-refractivity contribution < 1.29 is 9.59 Å². The third-order valence-corrected chi connectivity index (χ3v) is 4.53. The standard InChI is InChI=1S/C14H25N3O2/c1-11(18)17-8-4-5-13(17)14(19)16(3)12-6-9-15(2)10-7-12/h12-13H,4-10H2,1-3H3. The molecule has 2 saturated heterocycles. The molecule has 2 aliphatic heterocycles. The van der Waals surface area contributed by atoms with Gasteiger partial charge < -0.3 is 14.7 Å². The predicted octanol–water partition coefficient (Wildman–Crippen LogP) is 0.550. The van der Waals surface area contributed by atoms with E-state index in [1.807, 2.05) is 11.9 Å². The van der Waals surface area contributed by atoms with E-state index in [-0.39, 0.29) is 17.9 Å². The molecule has 2 amide bonds. The molecule has 5 heteroatoms. The minimum Gasteiger partial charge on any atom is -0.341 e. The van der Waals surface area contributed by atoms with Crippen LogP contribution >= 0.6 is 0 Å². The van der Waals surface area contributed by atoms with Crippen LogP contribution in [0.2, 0.25) is 0 Å². The van der Waals surface area contributed by atoms with Gasteiger partial charge in [0.2, 0.25) is 11.8 Å². The van der Waals surface area contributed by atoms with Gasteiger partial charge in [-0.3, -0.25) is 9.59 Å². The zero-order chi connectivity index (χ0) is 14.0. The lowest BCUT2D eigenvalue weighted by molar-refractivity contribution is -0.143. The Bertz CT molecular complexity index is 351. The largest absolute Gasteiger partial charge is 0.341 e. The summed E-state index contributed by atoms with van der Waals surface area (Å²) in [4.78, 5) is 30.0. The number of hydrogen-bond donors (Lipinski definition) is 0. The Morgan fingerprint density at radius 1 is 1.11 bits per heavy atom. The van der Waals surface area contributed by atoms with Crippen molar-refractivity contribution in [1.82, 2.24) is 14.7 Å². The molecule has 0 aromatic rings. The highest BCUT2D eigenvalue weighted by Gasteiger charge is 2.36. The van der Waals surface area contributed by atoms with Crippen LogP contribution in [0.3, 0.4) is 0 Å². The lowest BCUT2D eigenvalue weighted by Gasteiger charge is -2.37. The Hall–Kier alpha value is -1.10. The number of amides is 2. The van der Waals surface area contributed by atoms with Crippen molar-refractivity contribution in [2.75, 3.05) is 33.7 Å². The van der Waals surface area contributed by atoms with Gasteiger partial charge in [-0.1, -0.05) is 0 Å². The third-order valence-electron chi connectivity index (χ3n) is 4.53. The first-order chi connectivity index (χ1) is 9.00. The fourth-order valence-electron chi connectivity index (χ4n) is 3.20. The number of piperidine rings is 1. The van der Waals surface area contributed by atoms with E-state index in [0.717, 1.165) is 45.3 Å². The molecule has 2 rings (SSSR count). The van der Waals surface area contributed by atoms with E-state index in [1.54, 1.807) is 11.8 Å². The smallest absolute Gasteiger partial charge is 0.245 e. The van der Waals surface area contributed by atoms with E-state index >= 15 is 0 Å². The highest BCUT2D eigenvalue weighted by atomic mass is 16.2. The molecule has 0 aromatic carbocycles. The molecule has 2 heterocycles. The van der Waals surface area contributed by atoms with Gasteiger partial charge in [0.25, 0.3) is 0 Å². The summed E-state index contributed by atoms with van der Waals surface area (Å²) in [5, 5.41) is 0. The monoisotopic (exact) mass is 267 g/mol. The number of carbonyl (C=O) groups is 2. The molecule has 1 atom stereocenters. The van der Waals surface area contributed by atoms with Gasteiger partial charge in [0.15, 0.2) is 0 Å². The van der Waals surface area contributed by atoms with E-state index in [0.29, 0.717) is 6.04 Å². The summed E-state index contributed by atoms with van der Waals surface area (Å²) in [6.07, 6.45) is 3.82. The van der Waals surface area contributed by atoms with Crippen molar-refractivity contribution >= 4 is 11.8 Å². The Kier molecular flexibility index (Phi) is 4.45. The molecule has 1 unspecified atom stereocenters. The number of nitrogens with zero attached hydrogens (tertiary/aromatic N) is 3. The number of likely N-dealkylation sites (tertiary alicyclic amines) is 2. The maximum Gasteiger partial charge on any atom is 0.245 e. The van der Waals surface area contributed by atoms with E-state index in [4.69, 9.17) is 0 Å². The Morgan fingerprint density at radius 2 is 1.74 bits per heavy atom. The van der Waals surface area contributed by atoms with Crippen LogP contribution in [0.1, 0.15) is 32.6 Å². The quantitative estimate of drug-likeness (QED) is 0.734. The first-order valence-corrected chi connectivity index (χ1v) is 7.23. The summed E-state index contributed by atoms with van der Waals surface area (Å²) in [6, 6.07) is 0.111. The normalized spacial score (nSPS) is 25.6. The van der Waals surface area contributed by atoms with Crippen molar-refractivity contribution in [3.8, 4) is 0 Å². The fraction of sp³-hybridized carbons (Fsp3) is 0.857. The average Bonchev–Trinajstić information content (AvgIpc) is 2.87. The van der Waals surface area contributed by atoms with Crippen molar-refractivity contribution in [2.45, 2.75) is 44.7 Å². The van der Waals surface area contributed by atoms with Crippen LogP contribution in [0.4, 0.5) is 0 Å². The van der Waals surface area contributed by atoms with Gasteiger partial charge in [0, 0.05) is 26.6 Å². The zero-order valence-electron chi connectivity index (χ0n) is 12.3. The summed E-state index contributed by atoms with van der Waals surface area (Å²) in [5.74, 6) is 0.148. The molecular weight excluding hydrogens is 242 g/mol. The molecule has 0 bridgehead atoms. The molecule has 0 aliphatic carbocycles. The van der Waals surface area contributed by atoms with Gasteiger partial charge in [-0.25, -0.2) is 0 Å². The zero-order valence-corrected chi connectivity index (χ0v) is 12.3. The molecule has 2 aliphatic rings. The van der Waals surface area contributed by atoms with E-state index in [9.17, 15) is 9.59 Å². The molecule has 2 fully saturated rings. The molecular formula is C14H25N3O2. The maximum atomic E-state index is 12.6. The molecule has 5 nitrogen and oxygen atoms in total. The van der Waals surface area contributed by atoms with Crippen molar-refractivity contribution in [2.24, 2.45) is 0 Å². The fourth-order valence-corrected chi connectivity index (χ4v) is 3.20. The Morgan fingerprint density at radius 3 is 2.32 bits per heavy atom. The highest BCUT2D eigenvalue weighted by Crippen LogP contribution is 2.22. The van der Waals surface area contributed by atoms with E-state index in [1.165, 1.54) is 0 Å². The van der Waals surface area contributed by atoms with Crippen molar-refractivity contribution in [1.29, 1.82) is 0 Å². The van der Waals surface area contributed by atoms with Gasteiger partial charge in [-0.05, 0) is 45.8 Å². The second kappa shape index (κ2) is 5.90. The number of hydrogen-bond acceptors (Lipinski definition) is 3. The first kappa shape index (κ1) is 14.3. The lowest BCUT2D eigenvalue weighted by atomic mass is 10.0. The number of carbonyl (C=O) groups excluding carboxylic acids is 2. The van der Waals surface area contributed by atoms with Crippen LogP contribution in [0, 0.1) is 0 Å². The third kappa shape index (κ3) is 3.08. The van der Waals surface area contributed by atoms with Crippen LogP contribution in [0.5, 0.6) is 0 Å². The first-order valence-electron chi connectivity index (χ1n) is 7.23. The van der Waals surface area contributed by atoms with Crippen molar-refractivity contribution in [3.05, 3.63) is 0 Å².